The van der Waals surface area contributed by atoms with Crippen molar-refractivity contribution in [3.63, 3.8) is 0 Å². The van der Waals surface area contributed by atoms with Crippen LogP contribution >= 0.6 is 0 Å². The van der Waals surface area contributed by atoms with Crippen LogP contribution in [0.15, 0.2) is 40.1 Å². The predicted molar refractivity (Wildman–Crippen MR) is 64.4 cm³/mol. The fourth-order valence-electron chi connectivity index (χ4n) is 2.14. The van der Waals surface area contributed by atoms with E-state index < -0.39 is 9.73 Å². The summed E-state index contributed by atoms with van der Waals surface area (Å²) >= 11 is 0. The Kier molecular flexibility index (Phi) is 3.33. The SMILES string of the molecule is O=NN=[S@@]1(=O)CCCC1Cc1ccccc1. The normalized spacial score (nSPS) is 28.9. The minimum atomic E-state index is -2.40. The van der Waals surface area contributed by atoms with Gasteiger partial charge in [0.05, 0.1) is 15.0 Å². The monoisotopic (exact) mass is 238 g/mol. The van der Waals surface area contributed by atoms with Crippen molar-refractivity contribution in [1.29, 1.82) is 0 Å². The zero-order valence-corrected chi connectivity index (χ0v) is 9.73. The summed E-state index contributed by atoms with van der Waals surface area (Å²) in [5.74, 6) is 0.510. The lowest BCUT2D eigenvalue weighted by molar-refractivity contribution is 0.665. The summed E-state index contributed by atoms with van der Waals surface area (Å²) in [4.78, 5) is 10.2. The van der Waals surface area contributed by atoms with Crippen molar-refractivity contribution in [2.24, 2.45) is 9.76 Å². The molecule has 0 aromatic heterocycles. The Balaban J connectivity index is 2.20. The highest BCUT2D eigenvalue weighted by molar-refractivity contribution is 7.94. The number of nitroso groups, excluding NO2 is 1. The van der Waals surface area contributed by atoms with E-state index >= 15 is 0 Å². The zero-order valence-electron chi connectivity index (χ0n) is 8.91. The summed E-state index contributed by atoms with van der Waals surface area (Å²) in [5, 5.41) is 2.46. The Morgan fingerprint density at radius 1 is 1.31 bits per heavy atom. The van der Waals surface area contributed by atoms with Gasteiger partial charge in [0.1, 0.15) is 0 Å². The van der Waals surface area contributed by atoms with Crippen LogP contribution in [0.2, 0.25) is 0 Å². The molecule has 1 unspecified atom stereocenters. The fourth-order valence-corrected chi connectivity index (χ4v) is 4.37. The van der Waals surface area contributed by atoms with Crippen LogP contribution in [-0.2, 0) is 16.1 Å². The van der Waals surface area contributed by atoms with Gasteiger partial charge in [-0.05, 0) is 24.8 Å². The Morgan fingerprint density at radius 2 is 2.06 bits per heavy atom. The topological polar surface area (TPSA) is 58.9 Å². The molecule has 0 bridgehead atoms. The molecule has 4 nitrogen and oxygen atoms in total. The van der Waals surface area contributed by atoms with Gasteiger partial charge in [-0.15, -0.1) is 4.91 Å². The van der Waals surface area contributed by atoms with Crippen molar-refractivity contribution < 1.29 is 4.21 Å². The third-order valence-corrected chi connectivity index (χ3v) is 5.62. The third-order valence-electron chi connectivity index (χ3n) is 2.96. The van der Waals surface area contributed by atoms with Gasteiger partial charge >= 0.3 is 0 Å². The average Bonchev–Trinajstić information content (AvgIpc) is 2.62. The van der Waals surface area contributed by atoms with Crippen molar-refractivity contribution in [1.82, 2.24) is 0 Å². The Bertz CT molecular complexity index is 478. The molecular formula is C11H14N2O2S. The van der Waals surface area contributed by atoms with E-state index in [0.29, 0.717) is 5.75 Å². The molecule has 1 heterocycles. The molecule has 1 aliphatic rings. The Labute approximate surface area is 95.2 Å². The first-order valence-corrected chi connectivity index (χ1v) is 7.08. The van der Waals surface area contributed by atoms with Gasteiger partial charge in [0.15, 0.2) is 0 Å². The van der Waals surface area contributed by atoms with E-state index in [-0.39, 0.29) is 5.25 Å². The quantitative estimate of drug-likeness (QED) is 0.600. The largest absolute Gasteiger partial charge is 0.247 e. The standard InChI is InChI=1S/C11H14N2O2S/c14-12-13-16(15)8-4-7-11(16)9-10-5-2-1-3-6-10/h1-3,5-6,11H,4,7-9H2/t11?,16-/m1/s1. The van der Waals surface area contributed by atoms with Gasteiger partial charge in [0.25, 0.3) is 0 Å². The first-order chi connectivity index (χ1) is 7.74. The van der Waals surface area contributed by atoms with Crippen LogP contribution in [0.25, 0.3) is 0 Å². The van der Waals surface area contributed by atoms with E-state index in [1.54, 1.807) is 0 Å². The summed E-state index contributed by atoms with van der Waals surface area (Å²) in [5.41, 5.74) is 1.14. The fraction of sp³-hybridized carbons (Fsp3) is 0.455. The van der Waals surface area contributed by atoms with Gasteiger partial charge in [-0.25, -0.2) is 4.21 Å². The van der Waals surface area contributed by atoms with Crippen LogP contribution in [0.4, 0.5) is 0 Å². The second kappa shape index (κ2) is 4.74. The minimum Gasteiger partial charge on any atom is -0.247 e. The van der Waals surface area contributed by atoms with Gasteiger partial charge in [-0.3, -0.25) is 0 Å². The maximum absolute atomic E-state index is 12.3. The van der Waals surface area contributed by atoms with Crippen LogP contribution in [0.5, 0.6) is 0 Å². The lowest BCUT2D eigenvalue weighted by Gasteiger charge is -2.11. The van der Waals surface area contributed by atoms with Gasteiger partial charge in [0.2, 0.25) is 0 Å². The average molecular weight is 238 g/mol. The smallest absolute Gasteiger partial charge is 0.0888 e. The second-order valence-electron chi connectivity index (χ2n) is 4.01. The molecule has 0 N–H and O–H groups in total. The highest BCUT2D eigenvalue weighted by atomic mass is 32.2. The molecule has 0 saturated carbocycles. The van der Waals surface area contributed by atoms with Crippen molar-refractivity contribution in [3.8, 4) is 0 Å². The number of nitrogens with zero attached hydrogens (tertiary/aromatic N) is 2. The maximum Gasteiger partial charge on any atom is 0.0888 e. The summed E-state index contributed by atoms with van der Waals surface area (Å²) < 4.78 is 15.7. The highest BCUT2D eigenvalue weighted by Gasteiger charge is 2.30. The molecule has 0 aliphatic carbocycles. The van der Waals surface area contributed by atoms with Gasteiger partial charge in [0, 0.05) is 11.0 Å². The summed E-state index contributed by atoms with van der Waals surface area (Å²) in [6.07, 6.45) is 2.46. The molecule has 2 rings (SSSR count). The lowest BCUT2D eigenvalue weighted by Crippen LogP contribution is -2.18. The van der Waals surface area contributed by atoms with E-state index in [4.69, 9.17) is 0 Å². The third kappa shape index (κ3) is 2.29. The summed E-state index contributed by atoms with van der Waals surface area (Å²) in [7, 11) is -2.40. The maximum atomic E-state index is 12.3. The summed E-state index contributed by atoms with van der Waals surface area (Å²) in [6, 6.07) is 9.88. The number of hydrogen-bond donors (Lipinski definition) is 0. The first kappa shape index (κ1) is 11.3. The first-order valence-electron chi connectivity index (χ1n) is 5.34. The lowest BCUT2D eigenvalue weighted by atomic mass is 10.1. The van der Waals surface area contributed by atoms with Crippen LogP contribution in [0.1, 0.15) is 18.4 Å². The molecular weight excluding hydrogens is 224 g/mol. The number of benzene rings is 1. The van der Waals surface area contributed by atoms with Gasteiger partial charge < -0.3 is 0 Å². The Morgan fingerprint density at radius 3 is 2.75 bits per heavy atom. The molecule has 1 aliphatic heterocycles. The van der Waals surface area contributed by atoms with Crippen molar-refractivity contribution in [3.05, 3.63) is 40.8 Å². The zero-order chi connectivity index (χ0) is 11.4. The molecule has 16 heavy (non-hydrogen) atoms. The van der Waals surface area contributed by atoms with Crippen LogP contribution in [-0.4, -0.2) is 15.2 Å². The van der Waals surface area contributed by atoms with E-state index in [1.807, 2.05) is 30.3 Å². The van der Waals surface area contributed by atoms with Crippen molar-refractivity contribution in [2.75, 3.05) is 5.75 Å². The molecule has 1 aromatic rings. The van der Waals surface area contributed by atoms with Crippen molar-refractivity contribution in [2.45, 2.75) is 24.5 Å². The molecule has 86 valence electrons. The number of hydrogen-bond acceptors (Lipinski definition) is 2. The molecule has 0 spiro atoms. The molecule has 1 fully saturated rings. The molecule has 1 saturated heterocycles. The molecule has 1 aromatic carbocycles. The Hall–Kier alpha value is -1.23. The van der Waals surface area contributed by atoms with Crippen LogP contribution in [0.3, 0.4) is 0 Å². The molecule has 2 atom stereocenters. The summed E-state index contributed by atoms with van der Waals surface area (Å²) in [6.45, 7) is 0. The number of rotatable bonds is 3. The van der Waals surface area contributed by atoms with Gasteiger partial charge in [-0.1, -0.05) is 34.8 Å². The minimum absolute atomic E-state index is 0.0207. The molecule has 0 amide bonds. The predicted octanol–water partition coefficient (Wildman–Crippen LogP) is 2.54. The van der Waals surface area contributed by atoms with Gasteiger partial charge in [-0.2, -0.15) is 0 Å². The van der Waals surface area contributed by atoms with E-state index in [1.165, 1.54) is 0 Å². The van der Waals surface area contributed by atoms with Crippen LogP contribution < -0.4 is 0 Å². The molecule has 5 heteroatoms. The highest BCUT2D eigenvalue weighted by Crippen LogP contribution is 2.26. The van der Waals surface area contributed by atoms with Crippen molar-refractivity contribution >= 4 is 9.73 Å². The van der Waals surface area contributed by atoms with E-state index in [0.717, 1.165) is 24.8 Å². The second-order valence-corrected chi connectivity index (χ2v) is 6.63. The molecule has 0 radical (unpaired) electrons. The van der Waals surface area contributed by atoms with Crippen LogP contribution in [0, 0.1) is 4.91 Å². The van der Waals surface area contributed by atoms with E-state index in [2.05, 4.69) is 9.76 Å². The van der Waals surface area contributed by atoms with E-state index in [9.17, 15) is 9.12 Å².